The van der Waals surface area contributed by atoms with Crippen molar-refractivity contribution in [2.45, 2.75) is 12.5 Å². The molecule has 0 radical (unpaired) electrons. The van der Waals surface area contributed by atoms with Gasteiger partial charge >= 0.3 is 5.97 Å². The van der Waals surface area contributed by atoms with Gasteiger partial charge in [-0.05, 0) is 25.1 Å². The number of halogens is 2. The lowest BCUT2D eigenvalue weighted by atomic mass is 10.1. The number of hydrogen-bond donors (Lipinski definition) is 3. The second-order valence-corrected chi connectivity index (χ2v) is 4.67. The van der Waals surface area contributed by atoms with Gasteiger partial charge < -0.3 is 15.5 Å². The van der Waals surface area contributed by atoms with Crippen molar-refractivity contribution >= 4 is 29.6 Å². The molecule has 0 bridgehead atoms. The van der Waals surface area contributed by atoms with Crippen molar-refractivity contribution in [3.05, 3.63) is 40.7 Å². The first-order valence-corrected chi connectivity index (χ1v) is 5.97. The van der Waals surface area contributed by atoms with E-state index in [9.17, 15) is 19.1 Å². The van der Waals surface area contributed by atoms with Gasteiger partial charge in [0.1, 0.15) is 5.82 Å². The molecule has 0 saturated carbocycles. The standard InChI is InChI=1S/C13H13ClFNO4/c1-13(20,12(18)19)7-16-11(17)6-5-8-9(14)3-2-4-10(8)15/h2-6,20H,7H2,1H3,(H,16,17)(H,18,19). The van der Waals surface area contributed by atoms with E-state index in [-0.39, 0.29) is 10.6 Å². The number of aliphatic hydroxyl groups is 1. The third kappa shape index (κ3) is 4.32. The van der Waals surface area contributed by atoms with E-state index in [1.807, 2.05) is 0 Å². The summed E-state index contributed by atoms with van der Waals surface area (Å²) in [6.45, 7) is 0.573. The zero-order valence-corrected chi connectivity index (χ0v) is 11.3. The Morgan fingerprint density at radius 1 is 1.50 bits per heavy atom. The Bertz CT molecular complexity index is 537. The van der Waals surface area contributed by atoms with Crippen LogP contribution in [0.1, 0.15) is 12.5 Å². The van der Waals surface area contributed by atoms with Gasteiger partial charge in [-0.25, -0.2) is 9.18 Å². The fraction of sp³-hybridized carbons (Fsp3) is 0.231. The minimum absolute atomic E-state index is 0.0503. The van der Waals surface area contributed by atoms with Gasteiger partial charge in [0.05, 0.1) is 11.6 Å². The lowest BCUT2D eigenvalue weighted by molar-refractivity contribution is -0.156. The van der Waals surface area contributed by atoms with Crippen LogP contribution in [0.2, 0.25) is 5.02 Å². The fourth-order valence-corrected chi connectivity index (χ4v) is 1.45. The van der Waals surface area contributed by atoms with E-state index in [0.717, 1.165) is 13.0 Å². The Morgan fingerprint density at radius 3 is 2.70 bits per heavy atom. The molecule has 0 aromatic heterocycles. The number of nitrogens with one attached hydrogen (secondary N) is 1. The average Bonchev–Trinajstić information content (AvgIpc) is 2.35. The third-order valence-electron chi connectivity index (χ3n) is 2.47. The number of amides is 1. The second-order valence-electron chi connectivity index (χ2n) is 4.27. The monoisotopic (exact) mass is 301 g/mol. The molecule has 1 rings (SSSR count). The second kappa shape index (κ2) is 6.49. The van der Waals surface area contributed by atoms with Crippen LogP contribution in [-0.2, 0) is 9.59 Å². The summed E-state index contributed by atoms with van der Waals surface area (Å²) in [4.78, 5) is 22.1. The molecule has 1 amide bonds. The normalized spacial score (nSPS) is 14.0. The van der Waals surface area contributed by atoms with Crippen LogP contribution >= 0.6 is 11.6 Å². The maximum atomic E-state index is 13.4. The Hall–Kier alpha value is -1.92. The van der Waals surface area contributed by atoms with E-state index < -0.39 is 29.8 Å². The van der Waals surface area contributed by atoms with Gasteiger partial charge in [-0.3, -0.25) is 4.79 Å². The zero-order valence-electron chi connectivity index (χ0n) is 10.6. The van der Waals surface area contributed by atoms with E-state index in [1.165, 1.54) is 24.3 Å². The predicted molar refractivity (Wildman–Crippen MR) is 71.7 cm³/mol. The van der Waals surface area contributed by atoms with Gasteiger partial charge in [0.25, 0.3) is 0 Å². The number of rotatable bonds is 5. The number of benzene rings is 1. The van der Waals surface area contributed by atoms with Crippen molar-refractivity contribution in [2.24, 2.45) is 0 Å². The van der Waals surface area contributed by atoms with Gasteiger partial charge in [-0.1, -0.05) is 17.7 Å². The summed E-state index contributed by atoms with van der Waals surface area (Å²) in [7, 11) is 0. The van der Waals surface area contributed by atoms with E-state index in [2.05, 4.69) is 5.32 Å². The molecule has 0 saturated heterocycles. The van der Waals surface area contributed by atoms with Gasteiger partial charge in [0.2, 0.25) is 5.91 Å². The lowest BCUT2D eigenvalue weighted by Gasteiger charge is -2.17. The van der Waals surface area contributed by atoms with E-state index in [4.69, 9.17) is 16.7 Å². The highest BCUT2D eigenvalue weighted by Gasteiger charge is 2.29. The molecule has 0 spiro atoms. The molecule has 1 atom stereocenters. The first-order chi connectivity index (χ1) is 9.24. The maximum Gasteiger partial charge on any atom is 0.337 e. The lowest BCUT2D eigenvalue weighted by Crippen LogP contribution is -2.46. The van der Waals surface area contributed by atoms with Crippen molar-refractivity contribution in [3.63, 3.8) is 0 Å². The van der Waals surface area contributed by atoms with Crippen LogP contribution in [0.4, 0.5) is 4.39 Å². The summed E-state index contributed by atoms with van der Waals surface area (Å²) >= 11 is 5.76. The molecule has 5 nitrogen and oxygen atoms in total. The molecule has 20 heavy (non-hydrogen) atoms. The Labute approximate surface area is 119 Å². The highest BCUT2D eigenvalue weighted by atomic mass is 35.5. The largest absolute Gasteiger partial charge is 0.479 e. The van der Waals surface area contributed by atoms with Gasteiger partial charge in [-0.2, -0.15) is 0 Å². The van der Waals surface area contributed by atoms with Crippen LogP contribution < -0.4 is 5.32 Å². The molecule has 0 aliphatic heterocycles. The Morgan fingerprint density at radius 2 is 2.15 bits per heavy atom. The number of carbonyl (C=O) groups excluding carboxylic acids is 1. The number of aliphatic carboxylic acids is 1. The highest BCUT2D eigenvalue weighted by molar-refractivity contribution is 6.32. The molecule has 1 aromatic rings. The van der Waals surface area contributed by atoms with Gasteiger partial charge in [0, 0.05) is 11.6 Å². The van der Waals surface area contributed by atoms with Crippen LogP contribution in [0.15, 0.2) is 24.3 Å². The van der Waals surface area contributed by atoms with Crippen LogP contribution in [-0.4, -0.2) is 34.2 Å². The predicted octanol–water partition coefficient (Wildman–Crippen LogP) is 1.44. The van der Waals surface area contributed by atoms with Crippen molar-refractivity contribution < 1.29 is 24.2 Å². The van der Waals surface area contributed by atoms with Crippen LogP contribution in [0, 0.1) is 5.82 Å². The van der Waals surface area contributed by atoms with Crippen LogP contribution in [0.25, 0.3) is 6.08 Å². The first-order valence-electron chi connectivity index (χ1n) is 5.60. The summed E-state index contributed by atoms with van der Waals surface area (Å²) < 4.78 is 13.4. The Kier molecular flexibility index (Phi) is 5.24. The topological polar surface area (TPSA) is 86.6 Å². The van der Waals surface area contributed by atoms with Crippen LogP contribution in [0.5, 0.6) is 0 Å². The summed E-state index contributed by atoms with van der Waals surface area (Å²) in [6, 6.07) is 4.09. The number of hydrogen-bond acceptors (Lipinski definition) is 3. The Balaban J connectivity index is 2.68. The molecule has 7 heteroatoms. The number of carboxylic acid groups (broad SMARTS) is 1. The third-order valence-corrected chi connectivity index (χ3v) is 2.80. The molecular formula is C13H13ClFNO4. The fourth-order valence-electron chi connectivity index (χ4n) is 1.22. The molecule has 108 valence electrons. The molecule has 0 heterocycles. The van der Waals surface area contributed by atoms with Crippen LogP contribution in [0.3, 0.4) is 0 Å². The molecule has 1 aromatic carbocycles. The summed E-state index contributed by atoms with van der Waals surface area (Å²) in [6.07, 6.45) is 2.17. The molecule has 3 N–H and O–H groups in total. The molecular weight excluding hydrogens is 289 g/mol. The summed E-state index contributed by atoms with van der Waals surface area (Å²) in [5.41, 5.74) is -2.02. The summed E-state index contributed by atoms with van der Waals surface area (Å²) in [5.74, 6) is -2.72. The minimum Gasteiger partial charge on any atom is -0.479 e. The first kappa shape index (κ1) is 16.1. The van der Waals surface area contributed by atoms with Crippen molar-refractivity contribution in [1.29, 1.82) is 0 Å². The minimum atomic E-state index is -2.07. The quantitative estimate of drug-likeness (QED) is 0.718. The van der Waals surface area contributed by atoms with Gasteiger partial charge in [-0.15, -0.1) is 0 Å². The number of carboxylic acids is 1. The van der Waals surface area contributed by atoms with E-state index in [0.29, 0.717) is 0 Å². The van der Waals surface area contributed by atoms with E-state index in [1.54, 1.807) is 0 Å². The molecule has 0 aliphatic rings. The highest BCUT2D eigenvalue weighted by Crippen LogP contribution is 2.20. The maximum absolute atomic E-state index is 13.4. The molecule has 0 aliphatic carbocycles. The SMILES string of the molecule is CC(O)(CNC(=O)C=Cc1c(F)cccc1Cl)C(=O)O. The number of carbonyl (C=O) groups is 2. The van der Waals surface area contributed by atoms with Crippen molar-refractivity contribution in [3.8, 4) is 0 Å². The molecule has 1 unspecified atom stereocenters. The summed E-state index contributed by atoms with van der Waals surface area (Å²) in [5, 5.41) is 20.4. The van der Waals surface area contributed by atoms with E-state index >= 15 is 0 Å². The average molecular weight is 302 g/mol. The molecule has 0 fully saturated rings. The van der Waals surface area contributed by atoms with Gasteiger partial charge in [0.15, 0.2) is 5.60 Å². The smallest absolute Gasteiger partial charge is 0.337 e. The van der Waals surface area contributed by atoms with Crippen molar-refractivity contribution in [2.75, 3.05) is 6.54 Å². The van der Waals surface area contributed by atoms with Crippen molar-refractivity contribution in [1.82, 2.24) is 5.32 Å². The zero-order chi connectivity index (χ0) is 15.3.